The van der Waals surface area contributed by atoms with Crippen molar-refractivity contribution < 1.29 is 20.1 Å². The number of carbonyl (C=O) groups is 1. The van der Waals surface area contributed by atoms with Crippen molar-refractivity contribution in [1.29, 1.82) is 0 Å². The number of allylic oxidation sites excluding steroid dienone is 8. The van der Waals surface area contributed by atoms with E-state index in [4.69, 9.17) is 5.11 Å². The van der Waals surface area contributed by atoms with Gasteiger partial charge in [0, 0.05) is 6.42 Å². The molecular formula is C23H38O4. The number of hydrogen-bond donors (Lipinski definition) is 3. The molecule has 0 heterocycles. The first-order chi connectivity index (χ1) is 13.1. The van der Waals surface area contributed by atoms with Crippen LogP contribution in [-0.4, -0.2) is 39.9 Å². The molecule has 0 bridgehead atoms. The molecule has 0 rings (SSSR count). The molecule has 0 fully saturated rings. The van der Waals surface area contributed by atoms with Crippen LogP contribution in [0.25, 0.3) is 0 Å². The molecular weight excluding hydrogens is 340 g/mol. The molecule has 0 saturated heterocycles. The summed E-state index contributed by atoms with van der Waals surface area (Å²) in [5.41, 5.74) is 0. The molecule has 0 aromatic carbocycles. The van der Waals surface area contributed by atoms with E-state index in [9.17, 15) is 15.0 Å². The first kappa shape index (κ1) is 25.5. The molecule has 154 valence electrons. The van der Waals surface area contributed by atoms with E-state index < -0.39 is 24.6 Å². The number of Topliss-reactive ketones (excluding diaryl/α,β-unsaturated/α-hetero) is 1. The summed E-state index contributed by atoms with van der Waals surface area (Å²) in [6, 6.07) is 0. The Kier molecular flexibility index (Phi) is 18.2. The Bertz CT molecular complexity index is 463. The normalized spacial score (nSPS) is 14.8. The number of hydrogen-bond acceptors (Lipinski definition) is 4. The lowest BCUT2D eigenvalue weighted by Crippen LogP contribution is -2.36. The predicted molar refractivity (Wildman–Crippen MR) is 113 cm³/mol. The lowest BCUT2D eigenvalue weighted by Gasteiger charge is -2.13. The van der Waals surface area contributed by atoms with Gasteiger partial charge in [-0.1, -0.05) is 68.4 Å². The van der Waals surface area contributed by atoms with Crippen molar-refractivity contribution >= 4 is 5.78 Å². The maximum atomic E-state index is 11.5. The van der Waals surface area contributed by atoms with Crippen LogP contribution in [-0.2, 0) is 4.79 Å². The van der Waals surface area contributed by atoms with E-state index >= 15 is 0 Å². The maximum Gasteiger partial charge on any atom is 0.164 e. The van der Waals surface area contributed by atoms with Gasteiger partial charge in [0.25, 0.3) is 0 Å². The van der Waals surface area contributed by atoms with Gasteiger partial charge in [0.05, 0.1) is 6.61 Å². The largest absolute Gasteiger partial charge is 0.394 e. The van der Waals surface area contributed by atoms with Crippen LogP contribution in [0.1, 0.15) is 71.1 Å². The second-order valence-corrected chi connectivity index (χ2v) is 6.64. The van der Waals surface area contributed by atoms with Gasteiger partial charge < -0.3 is 15.3 Å². The summed E-state index contributed by atoms with van der Waals surface area (Å²) in [4.78, 5) is 11.5. The molecule has 2 atom stereocenters. The molecule has 0 aliphatic heterocycles. The van der Waals surface area contributed by atoms with Gasteiger partial charge >= 0.3 is 0 Å². The molecule has 0 radical (unpaired) electrons. The average Bonchev–Trinajstić information content (AvgIpc) is 2.68. The Morgan fingerprint density at radius 1 is 0.778 bits per heavy atom. The molecule has 0 aliphatic carbocycles. The second-order valence-electron chi connectivity index (χ2n) is 6.64. The Labute approximate surface area is 165 Å². The fourth-order valence-electron chi connectivity index (χ4n) is 2.42. The summed E-state index contributed by atoms with van der Waals surface area (Å²) in [7, 11) is 0. The molecule has 0 amide bonds. The number of rotatable bonds is 17. The van der Waals surface area contributed by atoms with Gasteiger partial charge in [-0.25, -0.2) is 0 Å². The zero-order valence-electron chi connectivity index (χ0n) is 16.8. The van der Waals surface area contributed by atoms with Gasteiger partial charge in [0.15, 0.2) is 5.78 Å². The fraction of sp³-hybridized carbons (Fsp3) is 0.609. The van der Waals surface area contributed by atoms with Crippen LogP contribution in [0.4, 0.5) is 0 Å². The fourth-order valence-corrected chi connectivity index (χ4v) is 2.42. The second kappa shape index (κ2) is 19.3. The van der Waals surface area contributed by atoms with Crippen molar-refractivity contribution in [3.05, 3.63) is 48.6 Å². The highest BCUT2D eigenvalue weighted by molar-refractivity contribution is 5.83. The Morgan fingerprint density at radius 3 is 1.74 bits per heavy atom. The summed E-state index contributed by atoms with van der Waals surface area (Å²) < 4.78 is 0. The summed E-state index contributed by atoms with van der Waals surface area (Å²) in [5.74, 6) is -0.424. The van der Waals surface area contributed by atoms with Crippen LogP contribution in [0.15, 0.2) is 48.6 Å². The number of unbranched alkanes of at least 4 members (excludes halogenated alkanes) is 4. The predicted octanol–water partition coefficient (Wildman–Crippen LogP) is 4.42. The summed E-state index contributed by atoms with van der Waals surface area (Å²) >= 11 is 0. The van der Waals surface area contributed by atoms with E-state index in [-0.39, 0.29) is 6.42 Å². The van der Waals surface area contributed by atoms with Gasteiger partial charge in [-0.3, -0.25) is 4.79 Å². The molecule has 4 nitrogen and oxygen atoms in total. The summed E-state index contributed by atoms with van der Waals surface area (Å²) in [6.45, 7) is 1.61. The van der Waals surface area contributed by atoms with E-state index in [0.29, 0.717) is 6.42 Å². The van der Waals surface area contributed by atoms with Gasteiger partial charge in [-0.15, -0.1) is 0 Å². The van der Waals surface area contributed by atoms with Crippen LogP contribution in [0.5, 0.6) is 0 Å². The topological polar surface area (TPSA) is 77.8 Å². The minimum absolute atomic E-state index is 0.205. The average molecular weight is 379 g/mol. The lowest BCUT2D eigenvalue weighted by atomic mass is 10.0. The Balaban J connectivity index is 3.60. The number of aliphatic hydroxyl groups is 3. The Morgan fingerprint density at radius 2 is 1.26 bits per heavy atom. The van der Waals surface area contributed by atoms with Crippen molar-refractivity contribution in [2.75, 3.05) is 6.61 Å². The minimum atomic E-state index is -1.48. The van der Waals surface area contributed by atoms with Crippen molar-refractivity contribution in [2.45, 2.75) is 83.3 Å². The van der Waals surface area contributed by atoms with Crippen LogP contribution >= 0.6 is 0 Å². The minimum Gasteiger partial charge on any atom is -0.394 e. The van der Waals surface area contributed by atoms with Crippen LogP contribution in [0, 0.1) is 0 Å². The standard InChI is InChI=1S/C23H38O4/c1-2-3-4-5-6-7-8-9-10-11-12-13-14-15-16-17-18-19-21(25)23(27)22(26)20-24/h6-7,9-10,12-13,15-16,22-24,26-27H,2-5,8,11,14,17-20H2,1H3/b7-6-,10-9-,13-12-,16-15-/t22-,23?/m0/s1. The third-order valence-electron chi connectivity index (χ3n) is 4.13. The number of aliphatic hydroxyl groups excluding tert-OH is 3. The van der Waals surface area contributed by atoms with Gasteiger partial charge in [-0.05, 0) is 44.9 Å². The molecule has 27 heavy (non-hydrogen) atoms. The molecule has 0 aromatic rings. The smallest absolute Gasteiger partial charge is 0.164 e. The summed E-state index contributed by atoms with van der Waals surface area (Å²) in [6.07, 6.45) is 23.8. The van der Waals surface area contributed by atoms with Gasteiger partial charge in [0.2, 0.25) is 0 Å². The van der Waals surface area contributed by atoms with E-state index in [2.05, 4.69) is 49.5 Å². The maximum absolute atomic E-state index is 11.5. The number of carbonyl (C=O) groups excluding carboxylic acids is 1. The quantitative estimate of drug-likeness (QED) is 0.259. The highest BCUT2D eigenvalue weighted by atomic mass is 16.4. The number of ketones is 1. The SMILES string of the molecule is CCCCC/C=C\C/C=C\C/C=C\C/C=C\CCCC(=O)C(O)[C@@H](O)CO. The third kappa shape index (κ3) is 16.4. The molecule has 0 aliphatic rings. The van der Waals surface area contributed by atoms with Gasteiger partial charge in [-0.2, -0.15) is 0 Å². The first-order valence-electron chi connectivity index (χ1n) is 10.2. The molecule has 0 spiro atoms. The third-order valence-corrected chi connectivity index (χ3v) is 4.13. The van der Waals surface area contributed by atoms with Crippen molar-refractivity contribution in [3.8, 4) is 0 Å². The highest BCUT2D eigenvalue weighted by Gasteiger charge is 2.22. The molecule has 4 heteroatoms. The van der Waals surface area contributed by atoms with E-state index in [1.807, 2.05) is 6.08 Å². The van der Waals surface area contributed by atoms with E-state index in [0.717, 1.165) is 25.7 Å². The Hall–Kier alpha value is -1.49. The zero-order valence-corrected chi connectivity index (χ0v) is 16.8. The van der Waals surface area contributed by atoms with Crippen molar-refractivity contribution in [3.63, 3.8) is 0 Å². The zero-order chi connectivity index (χ0) is 20.2. The molecule has 3 N–H and O–H groups in total. The first-order valence-corrected chi connectivity index (χ1v) is 10.2. The molecule has 0 saturated carbocycles. The van der Waals surface area contributed by atoms with Crippen molar-refractivity contribution in [2.24, 2.45) is 0 Å². The monoisotopic (exact) mass is 378 g/mol. The van der Waals surface area contributed by atoms with Gasteiger partial charge in [0.1, 0.15) is 12.2 Å². The van der Waals surface area contributed by atoms with Crippen LogP contribution in [0.3, 0.4) is 0 Å². The lowest BCUT2D eigenvalue weighted by molar-refractivity contribution is -0.134. The van der Waals surface area contributed by atoms with Crippen molar-refractivity contribution in [1.82, 2.24) is 0 Å². The molecule has 0 aromatic heterocycles. The van der Waals surface area contributed by atoms with Crippen LogP contribution < -0.4 is 0 Å². The highest BCUT2D eigenvalue weighted by Crippen LogP contribution is 2.05. The molecule has 1 unspecified atom stereocenters. The van der Waals surface area contributed by atoms with E-state index in [1.165, 1.54) is 25.7 Å². The van der Waals surface area contributed by atoms with Crippen LogP contribution in [0.2, 0.25) is 0 Å². The summed E-state index contributed by atoms with van der Waals surface area (Å²) in [5, 5.41) is 27.3. The van der Waals surface area contributed by atoms with E-state index in [1.54, 1.807) is 0 Å².